The number of aliphatic hydroxyl groups excluding tert-OH is 1. The number of halogens is 2. The number of nitrogens with zero attached hydrogens (tertiary/aromatic N) is 2. The van der Waals surface area contributed by atoms with E-state index in [1.165, 1.54) is 6.07 Å². The van der Waals surface area contributed by atoms with Crippen molar-refractivity contribution in [2.24, 2.45) is 0 Å². The van der Waals surface area contributed by atoms with Crippen molar-refractivity contribution in [1.29, 1.82) is 0 Å². The van der Waals surface area contributed by atoms with Gasteiger partial charge in [-0.05, 0) is 31.9 Å². The number of nitrogens with one attached hydrogen (secondary N) is 3. The van der Waals surface area contributed by atoms with Gasteiger partial charge >= 0.3 is 0 Å². The number of aliphatic hydroxyl groups is 1. The molecule has 0 aliphatic heterocycles. The number of aryl methyl sites for hydroxylation is 1. The van der Waals surface area contributed by atoms with E-state index in [0.717, 1.165) is 12.1 Å². The van der Waals surface area contributed by atoms with Gasteiger partial charge in [-0.15, -0.1) is 0 Å². The van der Waals surface area contributed by atoms with E-state index in [2.05, 4.69) is 20.7 Å². The summed E-state index contributed by atoms with van der Waals surface area (Å²) >= 11 is 0. The van der Waals surface area contributed by atoms with Gasteiger partial charge < -0.3 is 15.7 Å². The average Bonchev–Trinajstić information content (AvgIpc) is 3.16. The van der Waals surface area contributed by atoms with Crippen LogP contribution in [0.4, 0.5) is 8.78 Å². The molecule has 2 aromatic rings. The van der Waals surface area contributed by atoms with E-state index in [0.29, 0.717) is 5.69 Å². The quantitative estimate of drug-likeness (QED) is 0.627. The maximum atomic E-state index is 13.7. The lowest BCUT2D eigenvalue weighted by molar-refractivity contribution is 0.0865. The first-order valence-electron chi connectivity index (χ1n) is 7.97. The molecule has 3 atom stereocenters. The molecular formula is C16H17F2N5O3. The topological polar surface area (TPSA) is 120 Å². The Labute approximate surface area is 147 Å². The van der Waals surface area contributed by atoms with E-state index in [4.69, 9.17) is 0 Å². The predicted molar refractivity (Wildman–Crippen MR) is 85.2 cm³/mol. The van der Waals surface area contributed by atoms with Crippen LogP contribution in [0.15, 0.2) is 18.2 Å². The first-order chi connectivity index (χ1) is 12.3. The largest absolute Gasteiger partial charge is 0.391 e. The predicted octanol–water partition coefficient (Wildman–Crippen LogP) is 0.443. The summed E-state index contributed by atoms with van der Waals surface area (Å²) in [5, 5.41) is 20.7. The molecule has 2 heterocycles. The SMILES string of the molecule is Cc1ccc(F)c(C(=O)N[C@H]2C[C@H](NC(=O)c3cc(F)[nH]n3)[C@@H](O)C2)n1. The van der Waals surface area contributed by atoms with Crippen molar-refractivity contribution in [3.05, 3.63) is 47.0 Å². The Morgan fingerprint density at radius 1 is 1.23 bits per heavy atom. The van der Waals surface area contributed by atoms with Gasteiger partial charge in [0.15, 0.2) is 17.2 Å². The molecule has 3 rings (SSSR count). The lowest BCUT2D eigenvalue weighted by atomic mass is 10.2. The van der Waals surface area contributed by atoms with Crippen molar-refractivity contribution < 1.29 is 23.5 Å². The van der Waals surface area contributed by atoms with E-state index in [-0.39, 0.29) is 24.2 Å². The van der Waals surface area contributed by atoms with Gasteiger partial charge in [0, 0.05) is 17.8 Å². The number of hydrogen-bond acceptors (Lipinski definition) is 5. The van der Waals surface area contributed by atoms with Gasteiger partial charge in [-0.3, -0.25) is 14.7 Å². The normalized spacial score (nSPS) is 22.2. The van der Waals surface area contributed by atoms with E-state index >= 15 is 0 Å². The molecule has 2 amide bonds. The molecule has 0 aromatic carbocycles. The third kappa shape index (κ3) is 3.85. The van der Waals surface area contributed by atoms with Gasteiger partial charge in [-0.1, -0.05) is 0 Å². The van der Waals surface area contributed by atoms with Crippen LogP contribution in [0.5, 0.6) is 0 Å². The minimum Gasteiger partial charge on any atom is -0.391 e. The van der Waals surface area contributed by atoms with Gasteiger partial charge in [0.25, 0.3) is 11.8 Å². The van der Waals surface area contributed by atoms with Gasteiger partial charge in [-0.2, -0.15) is 9.49 Å². The Hall–Kier alpha value is -2.88. The van der Waals surface area contributed by atoms with Gasteiger partial charge in [0.2, 0.25) is 5.95 Å². The third-order valence-corrected chi connectivity index (χ3v) is 4.16. The Balaban J connectivity index is 1.60. The van der Waals surface area contributed by atoms with Gasteiger partial charge in [-0.25, -0.2) is 9.37 Å². The molecule has 1 aliphatic carbocycles. The highest BCUT2D eigenvalue weighted by Crippen LogP contribution is 2.21. The minimum atomic E-state index is -0.914. The Bertz CT molecular complexity index is 841. The zero-order valence-corrected chi connectivity index (χ0v) is 13.8. The molecule has 2 aromatic heterocycles. The average molecular weight is 365 g/mol. The number of hydrogen-bond donors (Lipinski definition) is 4. The standard InChI is InChI=1S/C16H17F2N5O3/c1-7-2-3-9(17)14(19-7)16(26)20-8-4-10(12(24)5-8)21-15(25)11-6-13(18)23-22-11/h2-3,6,8,10,12,24H,4-5H2,1H3,(H,20,26)(H,21,25)(H,22,23)/t8-,10-,12-/m0/s1. The fourth-order valence-electron chi connectivity index (χ4n) is 2.90. The highest BCUT2D eigenvalue weighted by atomic mass is 19.1. The molecule has 0 spiro atoms. The second kappa shape index (κ2) is 7.16. The lowest BCUT2D eigenvalue weighted by Gasteiger charge is -2.15. The molecular weight excluding hydrogens is 348 g/mol. The van der Waals surface area contributed by atoms with E-state index in [1.54, 1.807) is 6.92 Å². The van der Waals surface area contributed by atoms with E-state index < -0.39 is 41.8 Å². The monoisotopic (exact) mass is 365 g/mol. The van der Waals surface area contributed by atoms with Crippen LogP contribution in [-0.2, 0) is 0 Å². The first kappa shape index (κ1) is 17.9. The van der Waals surface area contributed by atoms with Crippen molar-refractivity contribution >= 4 is 11.8 Å². The molecule has 0 bridgehead atoms. The smallest absolute Gasteiger partial charge is 0.273 e. The number of aromatic amines is 1. The Morgan fingerprint density at radius 3 is 2.69 bits per heavy atom. The summed E-state index contributed by atoms with van der Waals surface area (Å²) in [6, 6.07) is 2.42. The highest BCUT2D eigenvalue weighted by molar-refractivity contribution is 5.93. The van der Waals surface area contributed by atoms with Crippen molar-refractivity contribution in [2.75, 3.05) is 0 Å². The van der Waals surface area contributed by atoms with Crippen LogP contribution in [0.25, 0.3) is 0 Å². The number of carbonyl (C=O) groups excluding carboxylic acids is 2. The molecule has 138 valence electrons. The summed E-state index contributed by atoms with van der Waals surface area (Å²) in [5.74, 6) is -2.82. The number of amides is 2. The summed E-state index contributed by atoms with van der Waals surface area (Å²) in [4.78, 5) is 28.0. The number of carbonyl (C=O) groups is 2. The number of aromatic nitrogens is 3. The summed E-state index contributed by atoms with van der Waals surface area (Å²) in [6.45, 7) is 1.64. The van der Waals surface area contributed by atoms with Crippen LogP contribution in [0, 0.1) is 18.7 Å². The van der Waals surface area contributed by atoms with Crippen molar-refractivity contribution in [1.82, 2.24) is 25.8 Å². The molecule has 4 N–H and O–H groups in total. The van der Waals surface area contributed by atoms with Crippen LogP contribution in [-0.4, -0.2) is 50.3 Å². The number of H-pyrrole nitrogens is 1. The molecule has 26 heavy (non-hydrogen) atoms. The molecule has 0 saturated heterocycles. The lowest BCUT2D eigenvalue weighted by Crippen LogP contribution is -2.40. The molecule has 1 fully saturated rings. The molecule has 1 saturated carbocycles. The number of rotatable bonds is 4. The Kier molecular flexibility index (Phi) is 4.94. The van der Waals surface area contributed by atoms with Crippen LogP contribution in [0.2, 0.25) is 0 Å². The minimum absolute atomic E-state index is 0.145. The maximum absolute atomic E-state index is 13.7. The van der Waals surface area contributed by atoms with Crippen LogP contribution in [0.1, 0.15) is 39.5 Å². The van der Waals surface area contributed by atoms with Crippen LogP contribution < -0.4 is 10.6 Å². The van der Waals surface area contributed by atoms with Crippen molar-refractivity contribution in [3.63, 3.8) is 0 Å². The molecule has 8 nitrogen and oxygen atoms in total. The summed E-state index contributed by atoms with van der Waals surface area (Å²) in [5.41, 5.74) is 0.0339. The zero-order valence-electron chi connectivity index (χ0n) is 13.8. The second-order valence-electron chi connectivity index (χ2n) is 6.17. The second-order valence-corrected chi connectivity index (χ2v) is 6.17. The zero-order chi connectivity index (χ0) is 18.8. The highest BCUT2D eigenvalue weighted by Gasteiger charge is 2.35. The van der Waals surface area contributed by atoms with Gasteiger partial charge in [0.1, 0.15) is 0 Å². The van der Waals surface area contributed by atoms with Crippen molar-refractivity contribution in [3.8, 4) is 0 Å². The summed E-state index contributed by atoms with van der Waals surface area (Å²) in [7, 11) is 0. The van der Waals surface area contributed by atoms with Crippen molar-refractivity contribution in [2.45, 2.75) is 38.0 Å². The summed E-state index contributed by atoms with van der Waals surface area (Å²) in [6.07, 6.45) is -0.499. The summed E-state index contributed by atoms with van der Waals surface area (Å²) < 4.78 is 26.6. The molecule has 10 heteroatoms. The third-order valence-electron chi connectivity index (χ3n) is 4.16. The molecule has 0 unspecified atom stereocenters. The first-order valence-corrected chi connectivity index (χ1v) is 7.97. The van der Waals surface area contributed by atoms with E-state index in [9.17, 15) is 23.5 Å². The fraction of sp³-hybridized carbons (Fsp3) is 0.375. The van der Waals surface area contributed by atoms with E-state index in [1.807, 2.05) is 5.10 Å². The maximum Gasteiger partial charge on any atom is 0.273 e. The molecule has 1 aliphatic rings. The fourth-order valence-corrected chi connectivity index (χ4v) is 2.90. The molecule has 0 radical (unpaired) electrons. The van der Waals surface area contributed by atoms with Crippen LogP contribution >= 0.6 is 0 Å². The van der Waals surface area contributed by atoms with Crippen LogP contribution in [0.3, 0.4) is 0 Å². The van der Waals surface area contributed by atoms with Gasteiger partial charge in [0.05, 0.1) is 12.1 Å². The Morgan fingerprint density at radius 2 is 2.00 bits per heavy atom. The number of pyridine rings is 1.